The van der Waals surface area contributed by atoms with Crippen molar-refractivity contribution < 1.29 is 22.0 Å². The number of halogens is 5. The molecule has 0 unspecified atom stereocenters. The summed E-state index contributed by atoms with van der Waals surface area (Å²) < 4.78 is 65.6. The summed E-state index contributed by atoms with van der Waals surface area (Å²) in [5.41, 5.74) is -1.47. The van der Waals surface area contributed by atoms with Crippen LogP contribution in [0.2, 0.25) is 0 Å². The summed E-state index contributed by atoms with van der Waals surface area (Å²) in [6, 6.07) is 1.70. The SMILES string of the molecule is CC=CCC1CCC(C2CCC(CCc3cc(F)c(C(F)(F)F)c(F)c3)CC2)CC1. The van der Waals surface area contributed by atoms with Gasteiger partial charge in [0.05, 0.1) is 0 Å². The standard InChI is InChI=1S/C25H33F5/c1-2-3-4-17-7-11-20(12-8-17)21-13-9-18(10-14-21)5-6-19-15-22(26)24(23(27)16-19)25(28,29)30/h2-3,15-18,20-21H,4-14H2,1H3. The normalized spacial score (nSPS) is 28.2. The topological polar surface area (TPSA) is 0 Å². The molecule has 3 rings (SSSR count). The van der Waals surface area contributed by atoms with Crippen molar-refractivity contribution in [3.63, 3.8) is 0 Å². The predicted octanol–water partition coefficient (Wildman–Crippen LogP) is 8.50. The van der Waals surface area contributed by atoms with Crippen LogP contribution in [0.25, 0.3) is 0 Å². The van der Waals surface area contributed by atoms with Gasteiger partial charge < -0.3 is 0 Å². The Morgan fingerprint density at radius 2 is 1.33 bits per heavy atom. The third-order valence-corrected chi connectivity index (χ3v) is 7.38. The number of allylic oxidation sites excluding steroid dienone is 2. The lowest BCUT2D eigenvalue weighted by atomic mass is 9.68. The summed E-state index contributed by atoms with van der Waals surface area (Å²) in [6.45, 7) is 2.08. The quantitative estimate of drug-likeness (QED) is 0.315. The Kier molecular flexibility index (Phi) is 7.98. The summed E-state index contributed by atoms with van der Waals surface area (Å²) in [5, 5.41) is 0. The van der Waals surface area contributed by atoms with Crippen LogP contribution in [0.15, 0.2) is 24.3 Å². The first kappa shape index (κ1) is 23.3. The number of aryl methyl sites for hydroxylation is 1. The Hall–Kier alpha value is -1.39. The van der Waals surface area contributed by atoms with Crippen LogP contribution in [0.1, 0.15) is 82.3 Å². The molecule has 1 aromatic rings. The molecule has 0 spiro atoms. The van der Waals surface area contributed by atoms with Gasteiger partial charge in [-0.25, -0.2) is 8.78 Å². The second kappa shape index (κ2) is 10.3. The van der Waals surface area contributed by atoms with Crippen LogP contribution in [-0.2, 0) is 12.6 Å². The third-order valence-electron chi connectivity index (χ3n) is 7.38. The summed E-state index contributed by atoms with van der Waals surface area (Å²) in [6.07, 6.45) is 11.8. The van der Waals surface area contributed by atoms with Crippen molar-refractivity contribution in [1.29, 1.82) is 0 Å². The highest BCUT2D eigenvalue weighted by atomic mass is 19.4. The molecular weight excluding hydrogens is 395 g/mol. The fourth-order valence-corrected chi connectivity index (χ4v) is 5.58. The van der Waals surface area contributed by atoms with Crippen LogP contribution in [0, 0.1) is 35.3 Å². The third kappa shape index (κ3) is 6.07. The molecule has 0 aromatic heterocycles. The lowest BCUT2D eigenvalue weighted by Crippen LogP contribution is -2.26. The Bertz CT molecular complexity index is 682. The zero-order valence-electron chi connectivity index (χ0n) is 17.8. The van der Waals surface area contributed by atoms with Gasteiger partial charge in [0.15, 0.2) is 0 Å². The summed E-state index contributed by atoms with van der Waals surface area (Å²) in [5.74, 6) is -0.0349. The Morgan fingerprint density at radius 3 is 1.80 bits per heavy atom. The molecule has 168 valence electrons. The van der Waals surface area contributed by atoms with E-state index in [2.05, 4.69) is 19.1 Å². The molecule has 2 fully saturated rings. The van der Waals surface area contributed by atoms with E-state index in [9.17, 15) is 22.0 Å². The highest BCUT2D eigenvalue weighted by Gasteiger charge is 2.38. The zero-order valence-corrected chi connectivity index (χ0v) is 17.8. The van der Waals surface area contributed by atoms with Crippen molar-refractivity contribution in [3.05, 3.63) is 47.0 Å². The number of alkyl halides is 3. The van der Waals surface area contributed by atoms with E-state index in [0.717, 1.165) is 49.1 Å². The minimum atomic E-state index is -5.00. The smallest absolute Gasteiger partial charge is 0.206 e. The number of hydrogen-bond donors (Lipinski definition) is 0. The molecule has 30 heavy (non-hydrogen) atoms. The highest BCUT2D eigenvalue weighted by Crippen LogP contribution is 2.43. The zero-order chi connectivity index (χ0) is 21.7. The maximum absolute atomic E-state index is 13.8. The van der Waals surface area contributed by atoms with Crippen molar-refractivity contribution in [2.24, 2.45) is 23.7 Å². The van der Waals surface area contributed by atoms with Gasteiger partial charge in [0.1, 0.15) is 17.2 Å². The molecule has 0 radical (unpaired) electrons. The first-order valence-corrected chi connectivity index (χ1v) is 11.4. The first-order valence-electron chi connectivity index (χ1n) is 11.4. The molecule has 5 heteroatoms. The lowest BCUT2D eigenvalue weighted by Gasteiger charge is -2.37. The van der Waals surface area contributed by atoms with E-state index in [0.29, 0.717) is 17.9 Å². The van der Waals surface area contributed by atoms with E-state index >= 15 is 0 Å². The van der Waals surface area contributed by atoms with Crippen LogP contribution < -0.4 is 0 Å². The molecule has 2 saturated carbocycles. The number of hydrogen-bond acceptors (Lipinski definition) is 0. The summed E-state index contributed by atoms with van der Waals surface area (Å²) >= 11 is 0. The predicted molar refractivity (Wildman–Crippen MR) is 110 cm³/mol. The number of benzene rings is 1. The van der Waals surface area contributed by atoms with Crippen LogP contribution in [0.3, 0.4) is 0 Å². The van der Waals surface area contributed by atoms with Gasteiger partial charge >= 0.3 is 6.18 Å². The van der Waals surface area contributed by atoms with E-state index in [4.69, 9.17) is 0 Å². The van der Waals surface area contributed by atoms with E-state index < -0.39 is 23.4 Å². The van der Waals surface area contributed by atoms with Crippen molar-refractivity contribution in [2.45, 2.75) is 83.7 Å². The second-order valence-corrected chi connectivity index (χ2v) is 9.34. The van der Waals surface area contributed by atoms with Crippen LogP contribution in [-0.4, -0.2) is 0 Å². The lowest BCUT2D eigenvalue weighted by molar-refractivity contribution is -0.142. The molecule has 0 heterocycles. The van der Waals surface area contributed by atoms with Crippen molar-refractivity contribution in [1.82, 2.24) is 0 Å². The van der Waals surface area contributed by atoms with Gasteiger partial charge in [0.25, 0.3) is 0 Å². The van der Waals surface area contributed by atoms with Crippen LogP contribution in [0.5, 0.6) is 0 Å². The Labute approximate surface area is 176 Å². The van der Waals surface area contributed by atoms with E-state index in [1.54, 1.807) is 0 Å². The summed E-state index contributed by atoms with van der Waals surface area (Å²) in [4.78, 5) is 0. The second-order valence-electron chi connectivity index (χ2n) is 9.34. The molecule has 0 amide bonds. The van der Waals surface area contributed by atoms with E-state index in [1.807, 2.05) is 0 Å². The minimum absolute atomic E-state index is 0.319. The summed E-state index contributed by atoms with van der Waals surface area (Å²) in [7, 11) is 0. The molecule has 0 nitrogen and oxygen atoms in total. The highest BCUT2D eigenvalue weighted by molar-refractivity contribution is 5.28. The molecule has 0 saturated heterocycles. The molecule has 0 aliphatic heterocycles. The number of rotatable bonds is 6. The molecule has 1 aromatic carbocycles. The van der Waals surface area contributed by atoms with Crippen LogP contribution >= 0.6 is 0 Å². The van der Waals surface area contributed by atoms with Gasteiger partial charge in [-0.1, -0.05) is 25.0 Å². The Morgan fingerprint density at radius 1 is 0.833 bits per heavy atom. The molecule has 0 atom stereocenters. The van der Waals surface area contributed by atoms with Gasteiger partial charge in [0.2, 0.25) is 0 Å². The van der Waals surface area contributed by atoms with Gasteiger partial charge in [-0.3, -0.25) is 0 Å². The van der Waals surface area contributed by atoms with E-state index in [1.165, 1.54) is 44.9 Å². The largest absolute Gasteiger partial charge is 0.422 e. The first-order chi connectivity index (χ1) is 14.3. The van der Waals surface area contributed by atoms with Gasteiger partial charge in [-0.05, 0) is 106 Å². The van der Waals surface area contributed by atoms with Crippen molar-refractivity contribution >= 4 is 0 Å². The fourth-order valence-electron chi connectivity index (χ4n) is 5.58. The average molecular weight is 429 g/mol. The minimum Gasteiger partial charge on any atom is -0.206 e. The van der Waals surface area contributed by atoms with Gasteiger partial charge in [-0.15, -0.1) is 0 Å². The molecular formula is C25H33F5. The maximum Gasteiger partial charge on any atom is 0.422 e. The molecule has 2 aliphatic rings. The van der Waals surface area contributed by atoms with Gasteiger partial charge in [-0.2, -0.15) is 13.2 Å². The Balaban J connectivity index is 1.44. The fraction of sp³-hybridized carbons (Fsp3) is 0.680. The van der Waals surface area contributed by atoms with Crippen LogP contribution in [0.4, 0.5) is 22.0 Å². The molecule has 2 aliphatic carbocycles. The monoisotopic (exact) mass is 428 g/mol. The van der Waals surface area contributed by atoms with Crippen molar-refractivity contribution in [3.8, 4) is 0 Å². The van der Waals surface area contributed by atoms with Gasteiger partial charge in [0, 0.05) is 0 Å². The average Bonchev–Trinajstić information content (AvgIpc) is 2.70. The molecule has 0 N–H and O–H groups in total. The van der Waals surface area contributed by atoms with E-state index in [-0.39, 0.29) is 0 Å². The maximum atomic E-state index is 13.8. The molecule has 0 bridgehead atoms. The van der Waals surface area contributed by atoms with Crippen molar-refractivity contribution in [2.75, 3.05) is 0 Å².